The van der Waals surface area contributed by atoms with Gasteiger partial charge in [0.2, 0.25) is 5.91 Å². The molecule has 0 bridgehead atoms. The van der Waals surface area contributed by atoms with Gasteiger partial charge in [-0.05, 0) is 33.8 Å². The lowest BCUT2D eigenvalue weighted by atomic mass is 10.1. The average Bonchev–Trinajstić information content (AvgIpc) is 3.27. The topological polar surface area (TPSA) is 90.4 Å². The number of likely N-dealkylation sites (N-methyl/N-ethyl adjacent to an activating group) is 1. The first-order valence-electron chi connectivity index (χ1n) is 10.2. The number of aryl methyl sites for hydroxylation is 2. The fraction of sp³-hybridized carbons (Fsp3) is 0.600. The Balaban J connectivity index is 1.60. The van der Waals surface area contributed by atoms with Crippen LogP contribution in [0.15, 0.2) is 6.07 Å². The Bertz CT molecular complexity index is 874. The Morgan fingerprint density at radius 1 is 1.14 bits per heavy atom. The lowest BCUT2D eigenvalue weighted by Crippen LogP contribution is -2.51. The molecule has 0 aliphatic carbocycles. The van der Waals surface area contributed by atoms with Gasteiger partial charge in [-0.1, -0.05) is 0 Å². The number of rotatable bonds is 6. The molecule has 0 saturated carbocycles. The first kappa shape index (κ1) is 21.0. The molecule has 2 amide bonds. The fourth-order valence-corrected chi connectivity index (χ4v) is 3.85. The van der Waals surface area contributed by atoms with Crippen molar-refractivity contribution in [3.8, 4) is 11.3 Å². The van der Waals surface area contributed by atoms with Crippen molar-refractivity contribution in [2.45, 2.75) is 27.7 Å². The summed E-state index contributed by atoms with van der Waals surface area (Å²) in [6.07, 6.45) is 0. The van der Waals surface area contributed by atoms with Crippen molar-refractivity contribution < 1.29 is 9.59 Å². The normalized spacial score (nSPS) is 15.0. The minimum Gasteiger partial charge on any atom is -0.342 e. The van der Waals surface area contributed by atoms with E-state index in [1.54, 1.807) is 6.07 Å². The van der Waals surface area contributed by atoms with Crippen LogP contribution in [0.2, 0.25) is 0 Å². The quantitative estimate of drug-likeness (QED) is 0.782. The van der Waals surface area contributed by atoms with Crippen LogP contribution in [0.4, 0.5) is 0 Å². The number of nitrogens with zero attached hydrogens (tertiary/aromatic N) is 6. The van der Waals surface area contributed by atoms with Crippen molar-refractivity contribution in [3.05, 3.63) is 23.1 Å². The van der Waals surface area contributed by atoms with Crippen molar-refractivity contribution in [1.82, 2.24) is 34.7 Å². The number of carbonyl (C=O) groups excluding carboxylic acids is 2. The number of hydrogen-bond donors (Lipinski definition) is 1. The Morgan fingerprint density at radius 2 is 1.79 bits per heavy atom. The van der Waals surface area contributed by atoms with Crippen molar-refractivity contribution in [3.63, 3.8) is 0 Å². The molecule has 3 rings (SSSR count). The maximum atomic E-state index is 12.9. The van der Waals surface area contributed by atoms with Crippen molar-refractivity contribution in [2.75, 3.05) is 45.8 Å². The van der Waals surface area contributed by atoms with Crippen LogP contribution in [0.1, 0.15) is 35.7 Å². The number of amides is 2. The van der Waals surface area contributed by atoms with E-state index in [1.807, 2.05) is 49.2 Å². The highest BCUT2D eigenvalue weighted by atomic mass is 16.2. The minimum absolute atomic E-state index is 0.0577. The highest BCUT2D eigenvalue weighted by molar-refractivity contribution is 5.93. The van der Waals surface area contributed by atoms with Gasteiger partial charge < -0.3 is 9.80 Å². The van der Waals surface area contributed by atoms with E-state index in [2.05, 4.69) is 20.2 Å². The Labute approximate surface area is 171 Å². The molecule has 0 atom stereocenters. The number of piperazine rings is 1. The average molecular weight is 402 g/mol. The lowest BCUT2D eigenvalue weighted by Gasteiger charge is -2.35. The highest BCUT2D eigenvalue weighted by Crippen LogP contribution is 2.25. The van der Waals surface area contributed by atoms with Crippen LogP contribution in [-0.2, 0) is 11.8 Å². The summed E-state index contributed by atoms with van der Waals surface area (Å²) in [6.45, 7) is 12.4. The molecule has 1 aliphatic heterocycles. The molecular formula is C20H31N7O2. The van der Waals surface area contributed by atoms with E-state index in [0.29, 0.717) is 38.4 Å². The van der Waals surface area contributed by atoms with Gasteiger partial charge in [0.15, 0.2) is 0 Å². The maximum Gasteiger partial charge on any atom is 0.271 e. The highest BCUT2D eigenvalue weighted by Gasteiger charge is 2.26. The molecule has 0 aromatic carbocycles. The molecule has 1 saturated heterocycles. The van der Waals surface area contributed by atoms with Crippen molar-refractivity contribution >= 4 is 11.8 Å². The number of nitrogens with one attached hydrogen (secondary N) is 1. The van der Waals surface area contributed by atoms with E-state index in [1.165, 1.54) is 0 Å². The summed E-state index contributed by atoms with van der Waals surface area (Å²) in [5.74, 6) is 0.0906. The number of hydrogen-bond acceptors (Lipinski definition) is 5. The third-order valence-electron chi connectivity index (χ3n) is 5.71. The van der Waals surface area contributed by atoms with Crippen LogP contribution in [0.5, 0.6) is 0 Å². The molecule has 1 aliphatic rings. The SMILES string of the molecule is CCN(CC)C(=O)CN1CCN(C(=O)c2cc(-c3c(C)nn(C)c3C)n[nH]2)CC1. The predicted octanol–water partition coefficient (Wildman–Crippen LogP) is 1.05. The third kappa shape index (κ3) is 4.34. The molecule has 9 nitrogen and oxygen atoms in total. The fourth-order valence-electron chi connectivity index (χ4n) is 3.85. The van der Waals surface area contributed by atoms with Crippen molar-refractivity contribution in [2.24, 2.45) is 7.05 Å². The summed E-state index contributed by atoms with van der Waals surface area (Å²) in [4.78, 5) is 31.0. The molecule has 0 radical (unpaired) electrons. The summed E-state index contributed by atoms with van der Waals surface area (Å²) in [7, 11) is 1.90. The second kappa shape index (κ2) is 8.77. The monoisotopic (exact) mass is 401 g/mol. The van der Waals surface area contributed by atoms with Crippen LogP contribution in [-0.4, -0.2) is 92.3 Å². The van der Waals surface area contributed by atoms with E-state index in [9.17, 15) is 9.59 Å². The molecule has 158 valence electrons. The molecule has 3 heterocycles. The van der Waals surface area contributed by atoms with E-state index in [-0.39, 0.29) is 11.8 Å². The molecule has 1 N–H and O–H groups in total. The van der Waals surface area contributed by atoms with Gasteiger partial charge in [0.1, 0.15) is 5.69 Å². The molecular weight excluding hydrogens is 370 g/mol. The summed E-state index contributed by atoms with van der Waals surface area (Å²) in [5.41, 5.74) is 4.08. The summed E-state index contributed by atoms with van der Waals surface area (Å²) in [5, 5.41) is 11.6. The van der Waals surface area contributed by atoms with Gasteiger partial charge in [-0.2, -0.15) is 10.2 Å². The second-order valence-electron chi connectivity index (χ2n) is 7.47. The van der Waals surface area contributed by atoms with Gasteiger partial charge >= 0.3 is 0 Å². The standard InChI is InChI=1S/C20H31N7O2/c1-6-26(7-2)18(28)13-25-8-10-27(11-9-25)20(29)17-12-16(21-22-17)19-14(3)23-24(5)15(19)4/h12H,6-11,13H2,1-5H3,(H,21,22). The van der Waals surface area contributed by atoms with E-state index < -0.39 is 0 Å². The van der Waals surface area contributed by atoms with Gasteiger partial charge in [0, 0.05) is 57.6 Å². The first-order valence-corrected chi connectivity index (χ1v) is 10.2. The maximum absolute atomic E-state index is 12.9. The molecule has 0 unspecified atom stereocenters. The van der Waals surface area contributed by atoms with Gasteiger partial charge in [0.25, 0.3) is 5.91 Å². The molecule has 1 fully saturated rings. The minimum atomic E-state index is -0.0577. The Morgan fingerprint density at radius 3 is 2.34 bits per heavy atom. The van der Waals surface area contributed by atoms with Gasteiger partial charge in [-0.25, -0.2) is 0 Å². The van der Waals surface area contributed by atoms with E-state index >= 15 is 0 Å². The number of carbonyl (C=O) groups is 2. The Kier molecular flexibility index (Phi) is 6.36. The van der Waals surface area contributed by atoms with Crippen LogP contribution in [0, 0.1) is 13.8 Å². The van der Waals surface area contributed by atoms with Gasteiger partial charge in [0.05, 0.1) is 17.9 Å². The lowest BCUT2D eigenvalue weighted by molar-refractivity contribution is -0.132. The Hall–Kier alpha value is -2.68. The van der Waals surface area contributed by atoms with Crippen LogP contribution < -0.4 is 0 Å². The molecule has 2 aromatic heterocycles. The third-order valence-corrected chi connectivity index (χ3v) is 5.71. The van der Waals surface area contributed by atoms with Crippen LogP contribution in [0.25, 0.3) is 11.3 Å². The molecule has 9 heteroatoms. The number of aromatic nitrogens is 4. The molecule has 0 spiro atoms. The zero-order valence-corrected chi connectivity index (χ0v) is 18.0. The predicted molar refractivity (Wildman–Crippen MR) is 111 cm³/mol. The zero-order chi connectivity index (χ0) is 21.1. The smallest absolute Gasteiger partial charge is 0.271 e. The van der Waals surface area contributed by atoms with Crippen LogP contribution in [0.3, 0.4) is 0 Å². The summed E-state index contributed by atoms with van der Waals surface area (Å²) < 4.78 is 1.82. The number of H-pyrrole nitrogens is 1. The van der Waals surface area contributed by atoms with Gasteiger partial charge in [-0.15, -0.1) is 0 Å². The van der Waals surface area contributed by atoms with E-state index in [0.717, 1.165) is 35.7 Å². The summed E-state index contributed by atoms with van der Waals surface area (Å²) in [6, 6.07) is 1.80. The summed E-state index contributed by atoms with van der Waals surface area (Å²) >= 11 is 0. The molecule has 2 aromatic rings. The second-order valence-corrected chi connectivity index (χ2v) is 7.47. The molecule has 29 heavy (non-hydrogen) atoms. The van der Waals surface area contributed by atoms with E-state index in [4.69, 9.17) is 0 Å². The largest absolute Gasteiger partial charge is 0.342 e. The zero-order valence-electron chi connectivity index (χ0n) is 18.0. The first-order chi connectivity index (χ1) is 13.8. The van der Waals surface area contributed by atoms with Crippen LogP contribution >= 0.6 is 0 Å². The van der Waals surface area contributed by atoms with Crippen molar-refractivity contribution in [1.29, 1.82) is 0 Å². The van der Waals surface area contributed by atoms with Gasteiger partial charge in [-0.3, -0.25) is 24.3 Å². The number of aromatic amines is 1.